The Balaban J connectivity index is 2.18. The minimum atomic E-state index is -1.05. The van der Waals surface area contributed by atoms with Crippen molar-refractivity contribution in [1.29, 1.82) is 0 Å². The van der Waals surface area contributed by atoms with E-state index in [9.17, 15) is 19.2 Å². The molecule has 2 aromatic rings. The molecule has 0 saturated heterocycles. The first-order chi connectivity index (χ1) is 19.6. The molecule has 0 heterocycles. The molecule has 0 aromatic heterocycles. The first kappa shape index (κ1) is 34.1. The Kier molecular flexibility index (Phi) is 12.8. The molecule has 0 aliphatic rings. The van der Waals surface area contributed by atoms with Gasteiger partial charge in [-0.05, 0) is 62.3 Å². The van der Waals surface area contributed by atoms with Gasteiger partial charge in [0, 0.05) is 6.42 Å². The summed E-state index contributed by atoms with van der Waals surface area (Å²) < 4.78 is 11.2. The first-order valence-electron chi connectivity index (χ1n) is 14.3. The molecule has 42 heavy (non-hydrogen) atoms. The van der Waals surface area contributed by atoms with Crippen molar-refractivity contribution in [1.82, 2.24) is 16.0 Å². The van der Waals surface area contributed by atoms with Gasteiger partial charge >= 0.3 is 6.09 Å². The Labute approximate surface area is 249 Å². The van der Waals surface area contributed by atoms with Crippen LogP contribution in [-0.4, -0.2) is 47.5 Å². The lowest BCUT2D eigenvalue weighted by atomic mass is 9.99. The van der Waals surface area contributed by atoms with E-state index in [0.717, 1.165) is 11.1 Å². The molecule has 2 aromatic carbocycles. The number of nitrogens with one attached hydrogen (secondary N) is 3. The number of benzene rings is 2. The van der Waals surface area contributed by atoms with Crippen molar-refractivity contribution in [3.05, 3.63) is 65.7 Å². The van der Waals surface area contributed by atoms with Crippen molar-refractivity contribution in [2.75, 3.05) is 0 Å². The maximum Gasteiger partial charge on any atom is 0.408 e. The summed E-state index contributed by atoms with van der Waals surface area (Å²) in [5.74, 6) is -1.29. The second-order valence-electron chi connectivity index (χ2n) is 12.1. The van der Waals surface area contributed by atoms with Gasteiger partial charge in [0.15, 0.2) is 0 Å². The molecule has 10 heteroatoms. The quantitative estimate of drug-likeness (QED) is 0.266. The number of primary amides is 1. The van der Waals surface area contributed by atoms with E-state index in [2.05, 4.69) is 16.0 Å². The van der Waals surface area contributed by atoms with E-state index < -0.39 is 47.5 Å². The van der Waals surface area contributed by atoms with Gasteiger partial charge in [-0.25, -0.2) is 4.79 Å². The minimum absolute atomic E-state index is 0.118. The molecular weight excluding hydrogens is 536 g/mol. The molecular formula is C32H46N4O6. The number of nitrogens with two attached hydrogens (primary N) is 1. The van der Waals surface area contributed by atoms with Crippen LogP contribution in [0.1, 0.15) is 66.0 Å². The van der Waals surface area contributed by atoms with Gasteiger partial charge < -0.3 is 31.2 Å². The van der Waals surface area contributed by atoms with E-state index in [1.165, 1.54) is 0 Å². The maximum absolute atomic E-state index is 13.5. The van der Waals surface area contributed by atoms with Crippen LogP contribution >= 0.6 is 0 Å². The van der Waals surface area contributed by atoms with Crippen LogP contribution in [0, 0.1) is 11.8 Å². The largest absolute Gasteiger partial charge is 0.489 e. The molecule has 230 valence electrons. The van der Waals surface area contributed by atoms with Crippen LogP contribution in [0.25, 0.3) is 0 Å². The van der Waals surface area contributed by atoms with Crippen molar-refractivity contribution in [2.45, 2.75) is 91.6 Å². The van der Waals surface area contributed by atoms with Crippen molar-refractivity contribution in [2.24, 2.45) is 17.6 Å². The van der Waals surface area contributed by atoms with E-state index in [4.69, 9.17) is 15.2 Å². The number of carbonyl (C=O) groups is 4. The first-order valence-corrected chi connectivity index (χ1v) is 14.3. The zero-order chi connectivity index (χ0) is 31.4. The van der Waals surface area contributed by atoms with Crippen LogP contribution in [-0.2, 0) is 32.1 Å². The van der Waals surface area contributed by atoms with Gasteiger partial charge in [-0.2, -0.15) is 0 Å². The summed E-state index contributed by atoms with van der Waals surface area (Å²) in [5, 5.41) is 8.07. The molecule has 10 nitrogen and oxygen atoms in total. The number of amides is 4. The van der Waals surface area contributed by atoms with Crippen LogP contribution in [0.5, 0.6) is 5.75 Å². The fraction of sp³-hybridized carbons (Fsp3) is 0.500. The monoisotopic (exact) mass is 582 g/mol. The number of ether oxygens (including phenoxy) is 2. The predicted molar refractivity (Wildman–Crippen MR) is 161 cm³/mol. The molecule has 0 radical (unpaired) electrons. The second-order valence-corrected chi connectivity index (χ2v) is 12.1. The summed E-state index contributed by atoms with van der Waals surface area (Å²) in [6.07, 6.45) is -0.261. The summed E-state index contributed by atoms with van der Waals surface area (Å²) in [4.78, 5) is 51.2. The molecule has 0 unspecified atom stereocenters. The van der Waals surface area contributed by atoms with Crippen molar-refractivity contribution < 1.29 is 28.7 Å². The summed E-state index contributed by atoms with van der Waals surface area (Å²) in [6, 6.07) is 14.1. The average Bonchev–Trinajstić information content (AvgIpc) is 2.89. The Morgan fingerprint density at radius 3 is 1.93 bits per heavy atom. The minimum Gasteiger partial charge on any atom is -0.489 e. The standard InChI is InChI=1S/C32H46N4O6/c1-20(2)17-25(28(33)37)34-30(39)27(21(3)4)36-29(38)26(35-31(40)42-32(5,6)7)18-22-13-15-24(16-14-22)41-19-23-11-9-8-10-12-23/h8-16,20-21,25-27H,17-19H2,1-7H3,(H2,33,37)(H,34,39)(H,35,40)(H,36,38)/t25-,26-,27-/m1/s1. The maximum atomic E-state index is 13.5. The van der Waals surface area contributed by atoms with Crippen molar-refractivity contribution in [3.8, 4) is 5.75 Å². The second kappa shape index (κ2) is 15.8. The lowest BCUT2D eigenvalue weighted by Gasteiger charge is -2.28. The molecule has 0 aliphatic carbocycles. The third-order valence-corrected chi connectivity index (χ3v) is 6.23. The van der Waals surface area contributed by atoms with Gasteiger partial charge in [0.05, 0.1) is 0 Å². The highest BCUT2D eigenvalue weighted by Crippen LogP contribution is 2.16. The fourth-order valence-electron chi connectivity index (χ4n) is 4.13. The van der Waals surface area contributed by atoms with Crippen LogP contribution < -0.4 is 26.4 Å². The van der Waals surface area contributed by atoms with Crippen LogP contribution in [0.15, 0.2) is 54.6 Å². The third kappa shape index (κ3) is 12.2. The summed E-state index contributed by atoms with van der Waals surface area (Å²) >= 11 is 0. The highest BCUT2D eigenvalue weighted by Gasteiger charge is 2.32. The Bertz CT molecular complexity index is 1180. The molecule has 0 bridgehead atoms. The van der Waals surface area contributed by atoms with Crippen LogP contribution in [0.2, 0.25) is 0 Å². The summed E-state index contributed by atoms with van der Waals surface area (Å²) in [6.45, 7) is 13.0. The summed E-state index contributed by atoms with van der Waals surface area (Å²) in [7, 11) is 0. The molecule has 3 atom stereocenters. The number of hydrogen-bond acceptors (Lipinski definition) is 6. The van der Waals surface area contributed by atoms with Gasteiger partial charge in [-0.3, -0.25) is 14.4 Å². The van der Waals surface area contributed by atoms with Crippen molar-refractivity contribution in [3.63, 3.8) is 0 Å². The number of carbonyl (C=O) groups excluding carboxylic acids is 4. The number of alkyl carbamates (subject to hydrolysis) is 1. The zero-order valence-corrected chi connectivity index (χ0v) is 25.7. The third-order valence-electron chi connectivity index (χ3n) is 6.23. The smallest absolute Gasteiger partial charge is 0.408 e. The van der Waals surface area contributed by atoms with E-state index in [1.54, 1.807) is 46.8 Å². The number of hydrogen-bond donors (Lipinski definition) is 4. The van der Waals surface area contributed by atoms with Gasteiger partial charge in [-0.15, -0.1) is 0 Å². The van der Waals surface area contributed by atoms with Gasteiger partial charge in [0.25, 0.3) is 0 Å². The van der Waals surface area contributed by atoms with E-state index in [-0.39, 0.29) is 18.3 Å². The summed E-state index contributed by atoms with van der Waals surface area (Å²) in [5.41, 5.74) is 6.52. The lowest BCUT2D eigenvalue weighted by molar-refractivity contribution is -0.133. The molecule has 0 fully saturated rings. The van der Waals surface area contributed by atoms with E-state index >= 15 is 0 Å². The molecule has 0 aliphatic heterocycles. The van der Waals surface area contributed by atoms with Gasteiger partial charge in [-0.1, -0.05) is 70.2 Å². The van der Waals surface area contributed by atoms with Crippen LogP contribution in [0.3, 0.4) is 0 Å². The Hall–Kier alpha value is -4.08. The van der Waals surface area contributed by atoms with Gasteiger partial charge in [0.2, 0.25) is 17.7 Å². The normalized spacial score (nSPS) is 13.5. The van der Waals surface area contributed by atoms with E-state index in [0.29, 0.717) is 18.8 Å². The number of rotatable bonds is 14. The van der Waals surface area contributed by atoms with Crippen molar-refractivity contribution >= 4 is 23.8 Å². The molecule has 5 N–H and O–H groups in total. The van der Waals surface area contributed by atoms with Gasteiger partial charge in [0.1, 0.15) is 36.1 Å². The molecule has 0 saturated carbocycles. The van der Waals surface area contributed by atoms with Crippen LogP contribution in [0.4, 0.5) is 4.79 Å². The lowest BCUT2D eigenvalue weighted by Crippen LogP contribution is -2.58. The molecule has 4 amide bonds. The molecule has 0 spiro atoms. The highest BCUT2D eigenvalue weighted by molar-refractivity contribution is 5.93. The zero-order valence-electron chi connectivity index (χ0n) is 25.7. The fourth-order valence-corrected chi connectivity index (χ4v) is 4.13. The Morgan fingerprint density at radius 1 is 0.786 bits per heavy atom. The Morgan fingerprint density at radius 2 is 1.40 bits per heavy atom. The van der Waals surface area contributed by atoms with E-state index in [1.807, 2.05) is 56.3 Å². The highest BCUT2D eigenvalue weighted by atomic mass is 16.6. The topological polar surface area (TPSA) is 149 Å². The average molecular weight is 583 g/mol. The predicted octanol–water partition coefficient (Wildman–Crippen LogP) is 3.86. The molecule has 2 rings (SSSR count). The SMILES string of the molecule is CC(C)C[C@@H](NC(=O)[C@H](NC(=O)[C@@H](Cc1ccc(OCc2ccccc2)cc1)NC(=O)OC(C)(C)C)C(C)C)C(N)=O.